The molecule has 2 aliphatic rings. The molecule has 1 fully saturated rings. The Labute approximate surface area is 156 Å². The summed E-state index contributed by atoms with van der Waals surface area (Å²) in [7, 11) is 0. The number of piperidine rings is 1. The lowest BCUT2D eigenvalue weighted by atomic mass is 10.0. The molecule has 0 amide bonds. The third-order valence-electron chi connectivity index (χ3n) is 4.81. The van der Waals surface area contributed by atoms with Gasteiger partial charge in [-0.2, -0.15) is 0 Å². The number of nitrogens with zero attached hydrogens (tertiary/aromatic N) is 4. The minimum absolute atomic E-state index is 0.208. The van der Waals surface area contributed by atoms with Crippen molar-refractivity contribution in [1.29, 1.82) is 0 Å². The first-order chi connectivity index (χ1) is 12.7. The molecule has 1 aliphatic heterocycles. The van der Waals surface area contributed by atoms with E-state index in [9.17, 15) is 4.79 Å². The fourth-order valence-electron chi connectivity index (χ4n) is 3.46. The Morgan fingerprint density at radius 1 is 1.31 bits per heavy atom. The zero-order chi connectivity index (χ0) is 17.9. The zero-order valence-corrected chi connectivity index (χ0v) is 15.7. The highest BCUT2D eigenvalue weighted by molar-refractivity contribution is 7.16. The van der Waals surface area contributed by atoms with Gasteiger partial charge in [-0.15, -0.1) is 11.3 Å². The molecule has 1 saturated heterocycles. The minimum Gasteiger partial charge on any atom is -0.478 e. The van der Waals surface area contributed by atoms with Crippen LogP contribution < -0.4 is 15.0 Å². The Kier molecular flexibility index (Phi) is 5.01. The molecule has 2 aromatic heterocycles. The van der Waals surface area contributed by atoms with Gasteiger partial charge in [0, 0.05) is 36.5 Å². The molecule has 4 rings (SSSR count). The van der Waals surface area contributed by atoms with Crippen molar-refractivity contribution in [2.24, 2.45) is 0 Å². The van der Waals surface area contributed by atoms with E-state index in [2.05, 4.69) is 25.2 Å². The standard InChI is InChI=1S/C18H23N5O2S/c1-2-25-16-10-15(19-11-20-16)21-12-6-8-23(9-7-12)18-22-17-13(24)4-3-5-14(17)26-18/h10-12H,2-9H2,1H3,(H,19,20,21). The Bertz CT molecular complexity index is 786. The van der Waals surface area contributed by atoms with Gasteiger partial charge in [0.05, 0.1) is 6.61 Å². The van der Waals surface area contributed by atoms with Gasteiger partial charge in [0.15, 0.2) is 10.9 Å². The van der Waals surface area contributed by atoms with E-state index in [0.29, 0.717) is 24.9 Å². The molecular formula is C18H23N5O2S. The normalized spacial score (nSPS) is 17.9. The van der Waals surface area contributed by atoms with Gasteiger partial charge in [0.25, 0.3) is 0 Å². The highest BCUT2D eigenvalue weighted by Crippen LogP contribution is 2.33. The van der Waals surface area contributed by atoms with Gasteiger partial charge in [0.2, 0.25) is 5.88 Å². The monoisotopic (exact) mass is 373 g/mol. The van der Waals surface area contributed by atoms with Gasteiger partial charge in [-0.05, 0) is 32.6 Å². The molecule has 8 heteroatoms. The van der Waals surface area contributed by atoms with Gasteiger partial charge < -0.3 is 15.0 Å². The van der Waals surface area contributed by atoms with Crippen LogP contribution in [0.4, 0.5) is 10.9 Å². The van der Waals surface area contributed by atoms with E-state index >= 15 is 0 Å². The predicted molar refractivity (Wildman–Crippen MR) is 101 cm³/mol. The number of carbonyl (C=O) groups excluding carboxylic acids is 1. The van der Waals surface area contributed by atoms with Crippen LogP contribution in [-0.2, 0) is 6.42 Å². The highest BCUT2D eigenvalue weighted by Gasteiger charge is 2.26. The summed E-state index contributed by atoms with van der Waals surface area (Å²) >= 11 is 1.69. The molecule has 138 valence electrons. The van der Waals surface area contributed by atoms with Crippen LogP contribution in [0.25, 0.3) is 0 Å². The zero-order valence-electron chi connectivity index (χ0n) is 14.9. The molecule has 0 saturated carbocycles. The number of fused-ring (bicyclic) bond motifs is 1. The summed E-state index contributed by atoms with van der Waals surface area (Å²) in [5, 5.41) is 4.48. The summed E-state index contributed by atoms with van der Waals surface area (Å²) in [4.78, 5) is 28.5. The van der Waals surface area contributed by atoms with Gasteiger partial charge >= 0.3 is 0 Å². The third-order valence-corrected chi connectivity index (χ3v) is 5.99. The number of thiazole rings is 1. The number of hydrogen-bond acceptors (Lipinski definition) is 8. The topological polar surface area (TPSA) is 80.2 Å². The fourth-order valence-corrected chi connectivity index (χ4v) is 4.63. The van der Waals surface area contributed by atoms with E-state index in [1.807, 2.05) is 13.0 Å². The lowest BCUT2D eigenvalue weighted by Gasteiger charge is -2.32. The van der Waals surface area contributed by atoms with Crippen LogP contribution in [0.5, 0.6) is 5.88 Å². The molecule has 0 bridgehead atoms. The average molecular weight is 373 g/mol. The number of aryl methyl sites for hydroxylation is 1. The summed E-state index contributed by atoms with van der Waals surface area (Å²) in [5.74, 6) is 1.61. The molecule has 1 aliphatic carbocycles. The number of Topliss-reactive ketones (excluding diaryl/α,β-unsaturated/α-hetero) is 1. The number of nitrogens with one attached hydrogen (secondary N) is 1. The predicted octanol–water partition coefficient (Wildman–Crippen LogP) is 2.93. The quantitative estimate of drug-likeness (QED) is 0.863. The van der Waals surface area contributed by atoms with Crippen LogP contribution in [0.1, 0.15) is 48.0 Å². The molecule has 1 N–H and O–H groups in total. The molecule has 3 heterocycles. The van der Waals surface area contributed by atoms with Crippen LogP contribution in [-0.4, -0.2) is 46.5 Å². The van der Waals surface area contributed by atoms with Crippen LogP contribution in [0.2, 0.25) is 0 Å². The molecule has 0 unspecified atom stereocenters. The second-order valence-corrected chi connectivity index (χ2v) is 7.69. The largest absolute Gasteiger partial charge is 0.478 e. The van der Waals surface area contributed by atoms with Crippen molar-refractivity contribution in [2.75, 3.05) is 29.9 Å². The summed E-state index contributed by atoms with van der Waals surface area (Å²) in [6, 6.07) is 2.21. The van der Waals surface area contributed by atoms with Crippen LogP contribution in [0.3, 0.4) is 0 Å². The van der Waals surface area contributed by atoms with Gasteiger partial charge in [-0.25, -0.2) is 15.0 Å². The Hall–Kier alpha value is -2.22. The number of aromatic nitrogens is 3. The molecule has 7 nitrogen and oxygen atoms in total. The molecular weight excluding hydrogens is 350 g/mol. The Balaban J connectivity index is 1.36. The van der Waals surface area contributed by atoms with Gasteiger partial charge in [-0.1, -0.05) is 0 Å². The Morgan fingerprint density at radius 3 is 2.92 bits per heavy atom. The van der Waals surface area contributed by atoms with E-state index in [0.717, 1.165) is 55.4 Å². The summed E-state index contributed by atoms with van der Waals surface area (Å²) < 4.78 is 5.43. The summed E-state index contributed by atoms with van der Waals surface area (Å²) in [5.41, 5.74) is 0.723. The number of anilines is 2. The maximum atomic E-state index is 12.0. The fraction of sp³-hybridized carbons (Fsp3) is 0.556. The number of hydrogen-bond donors (Lipinski definition) is 1. The molecule has 26 heavy (non-hydrogen) atoms. The lowest BCUT2D eigenvalue weighted by Crippen LogP contribution is -2.39. The van der Waals surface area contributed by atoms with Crippen molar-refractivity contribution >= 4 is 28.1 Å². The first-order valence-electron chi connectivity index (χ1n) is 9.22. The SMILES string of the molecule is CCOc1cc(NC2CCN(c3nc4c(s3)CCCC4=O)CC2)ncn1. The molecule has 0 radical (unpaired) electrons. The van der Waals surface area contributed by atoms with Crippen molar-refractivity contribution in [3.8, 4) is 5.88 Å². The van der Waals surface area contributed by atoms with Crippen molar-refractivity contribution in [2.45, 2.75) is 45.1 Å². The minimum atomic E-state index is 0.208. The number of rotatable bonds is 5. The molecule has 0 atom stereocenters. The first-order valence-corrected chi connectivity index (χ1v) is 10.0. The second kappa shape index (κ2) is 7.57. The molecule has 2 aromatic rings. The van der Waals surface area contributed by atoms with Crippen LogP contribution in [0.15, 0.2) is 12.4 Å². The van der Waals surface area contributed by atoms with E-state index in [1.165, 1.54) is 11.2 Å². The smallest absolute Gasteiger partial charge is 0.218 e. The third kappa shape index (κ3) is 3.65. The second-order valence-electron chi connectivity index (χ2n) is 6.63. The van der Waals surface area contributed by atoms with Crippen molar-refractivity contribution in [3.05, 3.63) is 23.0 Å². The number of ketones is 1. The van der Waals surface area contributed by atoms with Crippen molar-refractivity contribution < 1.29 is 9.53 Å². The van der Waals surface area contributed by atoms with E-state index in [-0.39, 0.29) is 5.78 Å². The highest BCUT2D eigenvalue weighted by atomic mass is 32.1. The maximum absolute atomic E-state index is 12.0. The van der Waals surface area contributed by atoms with E-state index in [4.69, 9.17) is 4.74 Å². The first kappa shape index (κ1) is 17.2. The number of carbonyl (C=O) groups is 1. The van der Waals surface area contributed by atoms with Crippen molar-refractivity contribution in [1.82, 2.24) is 15.0 Å². The average Bonchev–Trinajstić information content (AvgIpc) is 3.09. The van der Waals surface area contributed by atoms with E-state index in [1.54, 1.807) is 11.3 Å². The molecule has 0 aromatic carbocycles. The van der Waals surface area contributed by atoms with Crippen molar-refractivity contribution in [3.63, 3.8) is 0 Å². The van der Waals surface area contributed by atoms with Gasteiger partial charge in [0.1, 0.15) is 17.8 Å². The van der Waals surface area contributed by atoms with Crippen LogP contribution >= 0.6 is 11.3 Å². The summed E-state index contributed by atoms with van der Waals surface area (Å²) in [6.45, 7) is 4.40. The lowest BCUT2D eigenvalue weighted by molar-refractivity contribution is 0.0968. The van der Waals surface area contributed by atoms with Crippen LogP contribution in [0, 0.1) is 0 Å². The Morgan fingerprint density at radius 2 is 2.15 bits per heavy atom. The van der Waals surface area contributed by atoms with Gasteiger partial charge in [-0.3, -0.25) is 4.79 Å². The van der Waals surface area contributed by atoms with E-state index < -0.39 is 0 Å². The summed E-state index contributed by atoms with van der Waals surface area (Å²) in [6.07, 6.45) is 6.14. The molecule has 0 spiro atoms. The number of ether oxygens (including phenoxy) is 1. The maximum Gasteiger partial charge on any atom is 0.218 e.